The quantitative estimate of drug-likeness (QED) is 0.208. The molecular formula is C23H23BrN4O2S. The Morgan fingerprint density at radius 1 is 1.06 bits per heavy atom. The van der Waals surface area contributed by atoms with Crippen LogP contribution in [-0.4, -0.2) is 19.5 Å². The highest BCUT2D eigenvalue weighted by Gasteiger charge is 2.18. The van der Waals surface area contributed by atoms with Crippen molar-refractivity contribution in [2.45, 2.75) is 50.1 Å². The van der Waals surface area contributed by atoms with E-state index in [-0.39, 0.29) is 16.4 Å². The van der Waals surface area contributed by atoms with Gasteiger partial charge in [-0.15, -0.1) is 0 Å². The first-order chi connectivity index (χ1) is 15.0. The van der Waals surface area contributed by atoms with Crippen LogP contribution < -0.4 is 11.1 Å². The Kier molecular flexibility index (Phi) is 6.57. The maximum Gasteiger partial charge on any atom is 0.262 e. The Bertz CT molecular complexity index is 1370. The number of nitrogens with one attached hydrogen (secondary N) is 1. The van der Waals surface area contributed by atoms with Crippen LogP contribution in [0.4, 0.5) is 0 Å². The van der Waals surface area contributed by atoms with Crippen LogP contribution in [-0.2, 0) is 6.54 Å². The van der Waals surface area contributed by atoms with Gasteiger partial charge < -0.3 is 4.98 Å². The van der Waals surface area contributed by atoms with Crippen molar-refractivity contribution in [3.05, 3.63) is 73.5 Å². The zero-order chi connectivity index (χ0) is 22.0. The summed E-state index contributed by atoms with van der Waals surface area (Å²) in [5.41, 5.74) is 1.11. The summed E-state index contributed by atoms with van der Waals surface area (Å²) in [6.07, 6.45) is 3.02. The number of benzene rings is 2. The fraction of sp³-hybridized carbons (Fsp3) is 0.304. The molecule has 1 N–H and O–H groups in total. The third kappa shape index (κ3) is 4.60. The number of unbranched alkanes of at least 4 members (excludes halogenated alkanes) is 2. The van der Waals surface area contributed by atoms with Gasteiger partial charge in [-0.2, -0.15) is 0 Å². The first-order valence-electron chi connectivity index (χ1n) is 10.3. The Labute approximate surface area is 192 Å². The van der Waals surface area contributed by atoms with Gasteiger partial charge in [-0.25, -0.2) is 9.97 Å². The second kappa shape index (κ2) is 9.36. The summed E-state index contributed by atoms with van der Waals surface area (Å²) >= 11 is 4.89. The fourth-order valence-electron chi connectivity index (χ4n) is 3.49. The SMILES string of the molecule is CCCCCn1c(SC(C)c2nc3ccccc3c(=O)[nH]2)nc2ccc(Br)cc2c1=O. The van der Waals surface area contributed by atoms with Crippen LogP contribution in [0.25, 0.3) is 21.8 Å². The van der Waals surface area contributed by atoms with E-state index in [1.807, 2.05) is 43.3 Å². The number of fused-ring (bicyclic) bond motifs is 2. The van der Waals surface area contributed by atoms with Crippen LogP contribution in [0.15, 0.2) is 61.7 Å². The van der Waals surface area contributed by atoms with Gasteiger partial charge in [0.05, 0.1) is 27.1 Å². The molecule has 4 rings (SSSR count). The average molecular weight is 499 g/mol. The molecule has 6 nitrogen and oxygen atoms in total. The van der Waals surface area contributed by atoms with E-state index in [0.29, 0.717) is 39.3 Å². The molecule has 0 bridgehead atoms. The van der Waals surface area contributed by atoms with E-state index in [9.17, 15) is 9.59 Å². The van der Waals surface area contributed by atoms with Crippen molar-refractivity contribution in [3.8, 4) is 0 Å². The Morgan fingerprint density at radius 3 is 2.65 bits per heavy atom. The topological polar surface area (TPSA) is 80.6 Å². The van der Waals surface area contributed by atoms with E-state index in [2.05, 4.69) is 32.8 Å². The molecule has 0 saturated carbocycles. The molecule has 1 unspecified atom stereocenters. The number of thioether (sulfide) groups is 1. The monoisotopic (exact) mass is 498 g/mol. The molecule has 8 heteroatoms. The van der Waals surface area contributed by atoms with Crippen molar-refractivity contribution in [2.24, 2.45) is 0 Å². The summed E-state index contributed by atoms with van der Waals surface area (Å²) in [7, 11) is 0. The number of halogens is 1. The molecule has 0 radical (unpaired) electrons. The number of hydrogen-bond donors (Lipinski definition) is 1. The highest BCUT2D eigenvalue weighted by molar-refractivity contribution is 9.10. The number of nitrogens with zero attached hydrogens (tertiary/aromatic N) is 3. The summed E-state index contributed by atoms with van der Waals surface area (Å²) in [5, 5.41) is 1.61. The maximum atomic E-state index is 13.3. The van der Waals surface area contributed by atoms with E-state index >= 15 is 0 Å². The molecule has 1 atom stereocenters. The highest BCUT2D eigenvalue weighted by Crippen LogP contribution is 2.32. The average Bonchev–Trinajstić information content (AvgIpc) is 2.76. The van der Waals surface area contributed by atoms with Gasteiger partial charge in [0.15, 0.2) is 5.16 Å². The van der Waals surface area contributed by atoms with Crippen molar-refractivity contribution in [2.75, 3.05) is 0 Å². The lowest BCUT2D eigenvalue weighted by Gasteiger charge is -2.16. The van der Waals surface area contributed by atoms with Crippen LogP contribution >= 0.6 is 27.7 Å². The van der Waals surface area contributed by atoms with E-state index in [4.69, 9.17) is 4.98 Å². The molecule has 0 aliphatic rings. The van der Waals surface area contributed by atoms with Gasteiger partial charge in [0, 0.05) is 11.0 Å². The number of H-pyrrole nitrogens is 1. The molecule has 31 heavy (non-hydrogen) atoms. The van der Waals surface area contributed by atoms with Gasteiger partial charge in [0.25, 0.3) is 11.1 Å². The summed E-state index contributed by atoms with van der Waals surface area (Å²) in [5.74, 6) is 0.568. The van der Waals surface area contributed by atoms with E-state index in [1.54, 1.807) is 10.6 Å². The zero-order valence-electron chi connectivity index (χ0n) is 17.4. The van der Waals surface area contributed by atoms with E-state index in [1.165, 1.54) is 11.8 Å². The highest BCUT2D eigenvalue weighted by atomic mass is 79.9. The van der Waals surface area contributed by atoms with Crippen LogP contribution in [0.5, 0.6) is 0 Å². The lowest BCUT2D eigenvalue weighted by molar-refractivity contribution is 0.541. The van der Waals surface area contributed by atoms with Crippen LogP contribution in [0.1, 0.15) is 44.2 Å². The lowest BCUT2D eigenvalue weighted by atomic mass is 10.2. The summed E-state index contributed by atoms with van der Waals surface area (Å²) < 4.78 is 2.61. The number of para-hydroxylation sites is 1. The van der Waals surface area contributed by atoms with E-state index in [0.717, 1.165) is 23.7 Å². The van der Waals surface area contributed by atoms with Crippen molar-refractivity contribution >= 4 is 49.5 Å². The first kappa shape index (κ1) is 21.8. The minimum absolute atomic E-state index is 0.0444. The summed E-state index contributed by atoms with van der Waals surface area (Å²) in [4.78, 5) is 38.1. The van der Waals surface area contributed by atoms with Crippen LogP contribution in [0, 0.1) is 0 Å². The minimum atomic E-state index is -0.186. The van der Waals surface area contributed by atoms with Gasteiger partial charge >= 0.3 is 0 Å². The number of aromatic nitrogens is 4. The number of rotatable bonds is 7. The molecule has 2 heterocycles. The molecule has 0 aliphatic heterocycles. The van der Waals surface area contributed by atoms with Crippen molar-refractivity contribution in [3.63, 3.8) is 0 Å². The second-order valence-electron chi connectivity index (χ2n) is 7.45. The normalized spacial score (nSPS) is 12.5. The van der Waals surface area contributed by atoms with Crippen molar-refractivity contribution < 1.29 is 0 Å². The van der Waals surface area contributed by atoms with Gasteiger partial charge in [-0.1, -0.05) is 59.6 Å². The third-order valence-corrected chi connectivity index (χ3v) is 6.76. The Morgan fingerprint density at radius 2 is 1.84 bits per heavy atom. The molecule has 4 aromatic rings. The Hall–Kier alpha value is -2.45. The zero-order valence-corrected chi connectivity index (χ0v) is 19.8. The summed E-state index contributed by atoms with van der Waals surface area (Å²) in [6, 6.07) is 12.8. The molecule has 0 aliphatic carbocycles. The van der Waals surface area contributed by atoms with E-state index < -0.39 is 0 Å². The molecule has 160 valence electrons. The van der Waals surface area contributed by atoms with Gasteiger partial charge in [-0.3, -0.25) is 14.2 Å². The Balaban J connectivity index is 1.76. The number of aromatic amines is 1. The fourth-order valence-corrected chi connectivity index (χ4v) is 4.84. The van der Waals surface area contributed by atoms with Crippen LogP contribution in [0.3, 0.4) is 0 Å². The number of hydrogen-bond acceptors (Lipinski definition) is 5. The molecule has 0 amide bonds. The van der Waals surface area contributed by atoms with Crippen molar-refractivity contribution in [1.82, 2.24) is 19.5 Å². The molecule has 0 fully saturated rings. The largest absolute Gasteiger partial charge is 0.309 e. The summed E-state index contributed by atoms with van der Waals surface area (Å²) in [6.45, 7) is 4.71. The smallest absolute Gasteiger partial charge is 0.262 e. The minimum Gasteiger partial charge on any atom is -0.309 e. The van der Waals surface area contributed by atoms with Gasteiger partial charge in [0.1, 0.15) is 5.82 Å². The van der Waals surface area contributed by atoms with Gasteiger partial charge in [-0.05, 0) is 43.7 Å². The van der Waals surface area contributed by atoms with Gasteiger partial charge in [0.2, 0.25) is 0 Å². The maximum absolute atomic E-state index is 13.3. The predicted octanol–water partition coefficient (Wildman–Crippen LogP) is 5.44. The molecule has 2 aromatic carbocycles. The molecular weight excluding hydrogens is 476 g/mol. The van der Waals surface area contributed by atoms with Crippen molar-refractivity contribution in [1.29, 1.82) is 0 Å². The third-order valence-electron chi connectivity index (χ3n) is 5.16. The molecule has 0 spiro atoms. The van der Waals surface area contributed by atoms with Crippen LogP contribution in [0.2, 0.25) is 0 Å². The standard InChI is InChI=1S/C23H23BrN4O2S/c1-3-4-7-12-28-22(30)17-13-15(24)10-11-19(17)26-23(28)31-14(2)20-25-18-9-6-5-8-16(18)21(29)27-20/h5-6,8-11,13-14H,3-4,7,12H2,1-2H3,(H,25,27,29). The molecule has 0 saturated heterocycles. The predicted molar refractivity (Wildman–Crippen MR) is 130 cm³/mol. The second-order valence-corrected chi connectivity index (χ2v) is 9.67. The first-order valence-corrected chi connectivity index (χ1v) is 12.0. The lowest BCUT2D eigenvalue weighted by Crippen LogP contribution is -2.24. The molecule has 2 aromatic heterocycles.